The van der Waals surface area contributed by atoms with Gasteiger partial charge in [0, 0.05) is 22.6 Å². The smallest absolute Gasteiger partial charge is 0.465 e. The maximum Gasteiger partial charge on any atom is 0.471 e. The van der Waals surface area contributed by atoms with Crippen molar-refractivity contribution in [3.05, 3.63) is 31.6 Å². The first-order valence-electron chi connectivity index (χ1n) is 11.8. The van der Waals surface area contributed by atoms with E-state index in [1.54, 1.807) is 25.2 Å². The van der Waals surface area contributed by atoms with Crippen LogP contribution in [0.4, 0.5) is 24.5 Å². The van der Waals surface area contributed by atoms with E-state index in [9.17, 15) is 37.8 Å². The van der Waals surface area contributed by atoms with Crippen LogP contribution in [0.15, 0.2) is 12.1 Å². The van der Waals surface area contributed by atoms with E-state index in [4.69, 9.17) is 15.2 Å². The van der Waals surface area contributed by atoms with Gasteiger partial charge in [-0.05, 0) is 26.0 Å². The molecule has 2 aromatic heterocycles. The average molecular weight is 611 g/mol. The molecule has 2 aromatic rings. The van der Waals surface area contributed by atoms with Gasteiger partial charge >= 0.3 is 24.0 Å². The predicted octanol–water partition coefficient (Wildman–Crippen LogP) is 3.15. The summed E-state index contributed by atoms with van der Waals surface area (Å²) in [4.78, 5) is 35.2. The van der Waals surface area contributed by atoms with Crippen molar-refractivity contribution in [3.63, 3.8) is 0 Å². The van der Waals surface area contributed by atoms with Crippen molar-refractivity contribution in [2.45, 2.75) is 56.3 Å². The highest BCUT2D eigenvalue weighted by molar-refractivity contribution is 7.15. The molecule has 0 aliphatic carbocycles. The van der Waals surface area contributed by atoms with Crippen molar-refractivity contribution in [1.82, 2.24) is 0 Å². The van der Waals surface area contributed by atoms with E-state index in [2.05, 4.69) is 9.47 Å². The summed E-state index contributed by atoms with van der Waals surface area (Å²) in [7, 11) is 2.37. The number of nitrogen functional groups attached to an aromatic ring is 1. The minimum absolute atomic E-state index is 0.223. The minimum atomic E-state index is -5.10. The van der Waals surface area contributed by atoms with Crippen LogP contribution in [0, 0.1) is 0 Å². The van der Waals surface area contributed by atoms with Crippen LogP contribution in [0.1, 0.15) is 55.8 Å². The van der Waals surface area contributed by atoms with Crippen molar-refractivity contribution in [3.8, 4) is 0 Å². The van der Waals surface area contributed by atoms with Crippen molar-refractivity contribution >= 4 is 51.9 Å². The molecule has 0 spiro atoms. The number of rotatable bonds is 5. The molecule has 4 heterocycles. The summed E-state index contributed by atoms with van der Waals surface area (Å²) in [6.07, 6.45) is -5.27. The van der Waals surface area contributed by atoms with Gasteiger partial charge in [-0.2, -0.15) is 13.2 Å². The molecule has 4 atom stereocenters. The Morgan fingerprint density at radius 3 is 1.82 bits per heavy atom. The zero-order valence-corrected chi connectivity index (χ0v) is 23.6. The molecule has 11 nitrogen and oxygen atoms in total. The summed E-state index contributed by atoms with van der Waals surface area (Å²) in [6.45, 7) is 4.19. The average Bonchev–Trinajstić information content (AvgIpc) is 3.66. The highest BCUT2D eigenvalue weighted by Crippen LogP contribution is 2.43. The van der Waals surface area contributed by atoms with Crippen molar-refractivity contribution < 1.29 is 56.7 Å². The SMILES string of the molecule is COC(=O)c1sc(C2(O)CCOC2C)cc1N.COC(=O)c1sc(C2(O)CCOC2C)cc1NC(=O)C(F)(F)F. The van der Waals surface area contributed by atoms with Gasteiger partial charge in [0.05, 0.1) is 51.0 Å². The van der Waals surface area contributed by atoms with E-state index >= 15 is 0 Å². The first-order chi connectivity index (χ1) is 18.6. The zero-order valence-electron chi connectivity index (χ0n) is 21.9. The number of amides is 1. The molecule has 2 fully saturated rings. The lowest BCUT2D eigenvalue weighted by molar-refractivity contribution is -0.167. The minimum Gasteiger partial charge on any atom is -0.465 e. The Labute approximate surface area is 235 Å². The van der Waals surface area contributed by atoms with Gasteiger partial charge in [-0.15, -0.1) is 22.7 Å². The Balaban J connectivity index is 0.000000230. The lowest BCUT2D eigenvalue weighted by Gasteiger charge is -2.24. The molecule has 0 radical (unpaired) electrons. The Morgan fingerprint density at radius 1 is 0.950 bits per heavy atom. The number of halogens is 3. The molecule has 5 N–H and O–H groups in total. The number of nitrogens with two attached hydrogens (primary N) is 1. The summed E-state index contributed by atoms with van der Waals surface area (Å²) in [5.74, 6) is -3.60. The van der Waals surface area contributed by atoms with Crippen LogP contribution in [-0.4, -0.2) is 73.9 Å². The Kier molecular flexibility index (Phi) is 9.53. The molecule has 2 aliphatic rings. The van der Waals surface area contributed by atoms with Gasteiger partial charge in [0.1, 0.15) is 21.0 Å². The second-order valence-electron chi connectivity index (χ2n) is 9.06. The highest BCUT2D eigenvalue weighted by Gasteiger charge is 2.45. The Hall–Kier alpha value is -2.76. The molecule has 16 heteroatoms. The van der Waals surface area contributed by atoms with Crippen molar-refractivity contribution in [1.29, 1.82) is 0 Å². The van der Waals surface area contributed by atoms with Crippen LogP contribution < -0.4 is 11.1 Å². The van der Waals surface area contributed by atoms with E-state index in [0.29, 0.717) is 28.5 Å². The summed E-state index contributed by atoms with van der Waals surface area (Å²) in [5.41, 5.74) is 3.24. The number of esters is 2. The predicted molar refractivity (Wildman–Crippen MR) is 138 cm³/mol. The first kappa shape index (κ1) is 31.8. The third-order valence-corrected chi connectivity index (χ3v) is 9.22. The van der Waals surface area contributed by atoms with Crippen LogP contribution >= 0.6 is 22.7 Å². The van der Waals surface area contributed by atoms with Gasteiger partial charge in [0.25, 0.3) is 0 Å². The van der Waals surface area contributed by atoms with Gasteiger partial charge < -0.3 is 40.2 Å². The van der Waals surface area contributed by atoms with Crippen LogP contribution in [0.2, 0.25) is 0 Å². The number of methoxy groups -OCH3 is 2. The molecule has 4 rings (SSSR count). The zero-order chi connectivity index (χ0) is 30.0. The number of ether oxygens (including phenoxy) is 4. The molecule has 2 aliphatic heterocycles. The molecule has 40 heavy (non-hydrogen) atoms. The van der Waals surface area contributed by atoms with E-state index in [1.165, 1.54) is 7.11 Å². The number of hydrogen-bond donors (Lipinski definition) is 4. The molecule has 0 saturated carbocycles. The number of carbonyl (C=O) groups excluding carboxylic acids is 3. The first-order valence-corrected chi connectivity index (χ1v) is 13.5. The standard InChI is InChI=1S/C13H14F3NO5S.C11H15NO4S/c1-6-12(20,3-4-22-6)8-5-7(9(23-8)10(18)21-2)17-11(19)13(14,15)16;1-6-11(14,3-4-16-6)8-5-7(12)9(17-8)10(13)15-2/h5-6,20H,3-4H2,1-2H3,(H,17,19);5-6,14H,3-4,12H2,1-2H3. The second kappa shape index (κ2) is 12.0. The van der Waals surface area contributed by atoms with Crippen LogP contribution in [0.5, 0.6) is 0 Å². The number of carbonyl (C=O) groups is 3. The lowest BCUT2D eigenvalue weighted by atomic mass is 9.94. The van der Waals surface area contributed by atoms with E-state index < -0.39 is 41.3 Å². The van der Waals surface area contributed by atoms with Gasteiger partial charge in [0.15, 0.2) is 0 Å². The van der Waals surface area contributed by atoms with Gasteiger partial charge in [-0.1, -0.05) is 0 Å². The highest BCUT2D eigenvalue weighted by atomic mass is 32.1. The van der Waals surface area contributed by atoms with Gasteiger partial charge in [0.2, 0.25) is 0 Å². The monoisotopic (exact) mass is 610 g/mol. The number of alkyl halides is 3. The fourth-order valence-corrected chi connectivity index (χ4v) is 6.54. The lowest BCUT2D eigenvalue weighted by Crippen LogP contribution is -2.32. The van der Waals surface area contributed by atoms with E-state index in [1.807, 2.05) is 0 Å². The number of anilines is 2. The normalized spacial score (nSPS) is 26.1. The largest absolute Gasteiger partial charge is 0.471 e. The number of aliphatic hydroxyl groups is 2. The van der Waals surface area contributed by atoms with E-state index in [0.717, 1.165) is 35.8 Å². The van der Waals surface area contributed by atoms with Crippen LogP contribution in [0.25, 0.3) is 0 Å². The maximum absolute atomic E-state index is 12.4. The quantitative estimate of drug-likeness (QED) is 0.370. The number of hydrogen-bond acceptors (Lipinski definition) is 12. The third-order valence-electron chi connectivity index (χ3n) is 6.64. The summed E-state index contributed by atoms with van der Waals surface area (Å²) in [5, 5.41) is 22.8. The third kappa shape index (κ3) is 6.26. The molecule has 4 unspecified atom stereocenters. The fraction of sp³-hybridized carbons (Fsp3) is 0.542. The molecule has 2 saturated heterocycles. The fourth-order valence-electron chi connectivity index (χ4n) is 4.12. The Bertz CT molecular complexity index is 1260. The molecule has 0 bridgehead atoms. The van der Waals surface area contributed by atoms with Gasteiger partial charge in [-0.3, -0.25) is 4.79 Å². The molecular formula is C24H29F3N2O9S2. The second-order valence-corrected chi connectivity index (χ2v) is 11.2. The topological polar surface area (TPSA) is 167 Å². The van der Waals surface area contributed by atoms with E-state index in [-0.39, 0.29) is 34.6 Å². The van der Waals surface area contributed by atoms with Gasteiger partial charge in [-0.25, -0.2) is 9.59 Å². The molecular weight excluding hydrogens is 581 g/mol. The summed E-state index contributed by atoms with van der Waals surface area (Å²) in [6, 6.07) is 2.77. The molecule has 0 aromatic carbocycles. The van der Waals surface area contributed by atoms with Crippen LogP contribution in [0.3, 0.4) is 0 Å². The van der Waals surface area contributed by atoms with Crippen LogP contribution in [-0.2, 0) is 34.9 Å². The molecule has 1 amide bonds. The van der Waals surface area contributed by atoms with Crippen molar-refractivity contribution in [2.75, 3.05) is 38.5 Å². The summed E-state index contributed by atoms with van der Waals surface area (Å²) < 4.78 is 57.0. The molecule has 222 valence electrons. The number of thiophene rings is 2. The number of nitrogens with one attached hydrogen (secondary N) is 1. The summed E-state index contributed by atoms with van der Waals surface area (Å²) >= 11 is 1.92. The van der Waals surface area contributed by atoms with Crippen molar-refractivity contribution in [2.24, 2.45) is 0 Å². The maximum atomic E-state index is 12.4. The Morgan fingerprint density at radius 2 is 1.40 bits per heavy atom.